The third-order valence-corrected chi connectivity index (χ3v) is 2.40. The van der Waals surface area contributed by atoms with Crippen molar-refractivity contribution in [2.45, 2.75) is 13.3 Å². The Labute approximate surface area is 97.7 Å². The Morgan fingerprint density at radius 2 is 1.76 bits per heavy atom. The minimum atomic E-state index is -1.53. The molecule has 0 fully saturated rings. The number of carboxylic acid groups (broad SMARTS) is 2. The number of rotatable bonds is 5. The van der Waals surface area contributed by atoms with Gasteiger partial charge in [-0.1, -0.05) is 24.3 Å². The van der Waals surface area contributed by atoms with Crippen LogP contribution in [0.2, 0.25) is 0 Å². The number of Topliss-reactive ketones (excluding diaryl/α,β-unsaturated/α-hetero) is 1. The number of carboxylic acids is 2. The van der Waals surface area contributed by atoms with Crippen molar-refractivity contribution in [2.75, 3.05) is 0 Å². The molecule has 17 heavy (non-hydrogen) atoms. The van der Waals surface area contributed by atoms with E-state index in [0.717, 1.165) is 0 Å². The molecule has 5 heteroatoms. The first-order valence-electron chi connectivity index (χ1n) is 4.98. The van der Waals surface area contributed by atoms with E-state index in [0.29, 0.717) is 5.56 Å². The standard InChI is InChI=1S/C12H12O5/c1-7-4-2-3-5-8(7)11(15)9(12(16)17)6-10(13)14/h2-5,9H,6H2,1H3,(H,13,14)(H,16,17). The molecule has 0 saturated carbocycles. The van der Waals surface area contributed by atoms with Gasteiger partial charge in [-0.25, -0.2) is 0 Å². The lowest BCUT2D eigenvalue weighted by Crippen LogP contribution is -2.27. The molecular formula is C12H12O5. The van der Waals surface area contributed by atoms with Gasteiger partial charge in [-0.05, 0) is 12.5 Å². The Kier molecular flexibility index (Phi) is 3.98. The second-order valence-corrected chi connectivity index (χ2v) is 3.67. The molecule has 0 bridgehead atoms. The maximum absolute atomic E-state index is 11.9. The van der Waals surface area contributed by atoms with Gasteiger partial charge in [0.1, 0.15) is 5.92 Å². The molecule has 0 spiro atoms. The highest BCUT2D eigenvalue weighted by Crippen LogP contribution is 2.16. The van der Waals surface area contributed by atoms with Crippen molar-refractivity contribution < 1.29 is 24.6 Å². The van der Waals surface area contributed by atoms with E-state index in [1.165, 1.54) is 6.07 Å². The average Bonchev–Trinajstić information content (AvgIpc) is 2.25. The number of carbonyl (C=O) groups excluding carboxylic acids is 1. The molecule has 0 aliphatic carbocycles. The highest BCUT2D eigenvalue weighted by atomic mass is 16.4. The van der Waals surface area contributed by atoms with Crippen LogP contribution in [-0.4, -0.2) is 27.9 Å². The summed E-state index contributed by atoms with van der Waals surface area (Å²) in [6, 6.07) is 6.50. The van der Waals surface area contributed by atoms with Crippen LogP contribution in [0, 0.1) is 12.8 Å². The monoisotopic (exact) mass is 236 g/mol. The summed E-state index contributed by atoms with van der Waals surface area (Å²) in [5, 5.41) is 17.4. The zero-order valence-corrected chi connectivity index (χ0v) is 9.21. The molecule has 1 aromatic rings. The maximum atomic E-state index is 11.9. The summed E-state index contributed by atoms with van der Waals surface area (Å²) in [7, 11) is 0. The van der Waals surface area contributed by atoms with Crippen molar-refractivity contribution >= 4 is 17.7 Å². The zero-order valence-electron chi connectivity index (χ0n) is 9.21. The van der Waals surface area contributed by atoms with Crippen LogP contribution in [0.5, 0.6) is 0 Å². The highest BCUT2D eigenvalue weighted by Gasteiger charge is 2.30. The number of ketones is 1. The highest BCUT2D eigenvalue weighted by molar-refractivity contribution is 6.10. The first kappa shape index (κ1) is 12.9. The van der Waals surface area contributed by atoms with Gasteiger partial charge in [0.15, 0.2) is 5.78 Å². The minimum absolute atomic E-state index is 0.251. The number of carbonyl (C=O) groups is 3. The van der Waals surface area contributed by atoms with Crippen LogP contribution < -0.4 is 0 Å². The fourth-order valence-electron chi connectivity index (χ4n) is 1.50. The topological polar surface area (TPSA) is 91.7 Å². The summed E-state index contributed by atoms with van der Waals surface area (Å²) in [5.74, 6) is -4.92. The molecule has 1 rings (SSSR count). The lowest BCUT2D eigenvalue weighted by Gasteiger charge is -2.10. The van der Waals surface area contributed by atoms with Crippen molar-refractivity contribution in [3.8, 4) is 0 Å². The van der Waals surface area contributed by atoms with E-state index in [1.807, 2.05) is 0 Å². The Morgan fingerprint density at radius 1 is 1.18 bits per heavy atom. The smallest absolute Gasteiger partial charge is 0.315 e. The third kappa shape index (κ3) is 3.14. The quantitative estimate of drug-likeness (QED) is 0.594. The van der Waals surface area contributed by atoms with Crippen LogP contribution in [0.3, 0.4) is 0 Å². The molecule has 5 nitrogen and oxygen atoms in total. The lowest BCUT2D eigenvalue weighted by molar-refractivity contribution is -0.146. The molecule has 0 aromatic heterocycles. The molecule has 0 heterocycles. The Bertz CT molecular complexity index is 464. The summed E-state index contributed by atoms with van der Waals surface area (Å²) in [5.41, 5.74) is 0.885. The van der Waals surface area contributed by atoms with Gasteiger partial charge in [0.05, 0.1) is 6.42 Å². The predicted octanol–water partition coefficient (Wildman–Crippen LogP) is 1.35. The second-order valence-electron chi connectivity index (χ2n) is 3.67. The maximum Gasteiger partial charge on any atom is 0.315 e. The Hall–Kier alpha value is -2.17. The van der Waals surface area contributed by atoms with Gasteiger partial charge in [0.2, 0.25) is 0 Å². The van der Waals surface area contributed by atoms with Crippen LogP contribution in [0.15, 0.2) is 24.3 Å². The fraction of sp³-hybridized carbons (Fsp3) is 0.250. The van der Waals surface area contributed by atoms with E-state index in [-0.39, 0.29) is 5.56 Å². The van der Waals surface area contributed by atoms with Gasteiger partial charge < -0.3 is 10.2 Å². The van der Waals surface area contributed by atoms with Crippen molar-refractivity contribution in [2.24, 2.45) is 5.92 Å². The molecule has 90 valence electrons. The van der Waals surface area contributed by atoms with E-state index >= 15 is 0 Å². The minimum Gasteiger partial charge on any atom is -0.481 e. The second kappa shape index (κ2) is 5.25. The summed E-state index contributed by atoms with van der Waals surface area (Å²) in [6.07, 6.45) is -0.706. The van der Waals surface area contributed by atoms with Crippen molar-refractivity contribution in [3.05, 3.63) is 35.4 Å². The van der Waals surface area contributed by atoms with Crippen molar-refractivity contribution in [1.82, 2.24) is 0 Å². The largest absolute Gasteiger partial charge is 0.481 e. The molecule has 0 saturated heterocycles. The molecule has 0 aliphatic heterocycles. The average molecular weight is 236 g/mol. The lowest BCUT2D eigenvalue weighted by atomic mass is 9.92. The summed E-state index contributed by atoms with van der Waals surface area (Å²) >= 11 is 0. The van der Waals surface area contributed by atoms with E-state index < -0.39 is 30.1 Å². The molecule has 2 N–H and O–H groups in total. The molecule has 1 aromatic carbocycles. The fourth-order valence-corrected chi connectivity index (χ4v) is 1.50. The summed E-state index contributed by atoms with van der Waals surface area (Å²) < 4.78 is 0. The van der Waals surface area contributed by atoms with Crippen LogP contribution in [0.25, 0.3) is 0 Å². The van der Waals surface area contributed by atoms with Crippen molar-refractivity contribution in [3.63, 3.8) is 0 Å². The number of hydrogen-bond acceptors (Lipinski definition) is 3. The summed E-state index contributed by atoms with van der Waals surface area (Å²) in [6.45, 7) is 1.67. The van der Waals surface area contributed by atoms with E-state index in [9.17, 15) is 14.4 Å². The third-order valence-electron chi connectivity index (χ3n) is 2.40. The molecular weight excluding hydrogens is 224 g/mol. The molecule has 0 amide bonds. The van der Waals surface area contributed by atoms with Crippen molar-refractivity contribution in [1.29, 1.82) is 0 Å². The molecule has 0 radical (unpaired) electrons. The number of aryl methyl sites for hydroxylation is 1. The molecule has 1 atom stereocenters. The summed E-state index contributed by atoms with van der Waals surface area (Å²) in [4.78, 5) is 33.3. The normalized spacial score (nSPS) is 11.8. The number of aliphatic carboxylic acids is 2. The van der Waals surface area contributed by atoms with Gasteiger partial charge in [0.25, 0.3) is 0 Å². The van der Waals surface area contributed by atoms with Crippen LogP contribution in [0.1, 0.15) is 22.3 Å². The van der Waals surface area contributed by atoms with Gasteiger partial charge in [-0.15, -0.1) is 0 Å². The van der Waals surface area contributed by atoms with E-state index in [1.54, 1.807) is 25.1 Å². The Balaban J connectivity index is 3.04. The van der Waals surface area contributed by atoms with Gasteiger partial charge in [-0.2, -0.15) is 0 Å². The predicted molar refractivity (Wildman–Crippen MR) is 58.9 cm³/mol. The number of hydrogen-bond donors (Lipinski definition) is 2. The van der Waals surface area contributed by atoms with Gasteiger partial charge in [-0.3, -0.25) is 14.4 Å². The number of benzene rings is 1. The van der Waals surface area contributed by atoms with Crippen LogP contribution >= 0.6 is 0 Å². The SMILES string of the molecule is Cc1ccccc1C(=O)C(CC(=O)O)C(=O)O. The van der Waals surface area contributed by atoms with E-state index in [4.69, 9.17) is 10.2 Å². The van der Waals surface area contributed by atoms with Crippen LogP contribution in [-0.2, 0) is 9.59 Å². The zero-order chi connectivity index (χ0) is 13.0. The van der Waals surface area contributed by atoms with Crippen LogP contribution in [0.4, 0.5) is 0 Å². The van der Waals surface area contributed by atoms with Gasteiger partial charge >= 0.3 is 11.9 Å². The first-order valence-corrected chi connectivity index (χ1v) is 4.98. The molecule has 1 unspecified atom stereocenters. The molecule has 0 aliphatic rings. The van der Waals surface area contributed by atoms with E-state index in [2.05, 4.69) is 0 Å². The Morgan fingerprint density at radius 3 is 2.24 bits per heavy atom. The van der Waals surface area contributed by atoms with Gasteiger partial charge in [0, 0.05) is 5.56 Å². The first-order chi connectivity index (χ1) is 7.93.